The van der Waals surface area contributed by atoms with Crippen LogP contribution in [0.2, 0.25) is 0 Å². The molecule has 17 heavy (non-hydrogen) atoms. The summed E-state index contributed by atoms with van der Waals surface area (Å²) in [5.74, 6) is 5.60. The number of hydrazine groups is 1. The molecule has 0 amide bonds. The van der Waals surface area contributed by atoms with E-state index in [0.29, 0.717) is 19.8 Å². The lowest BCUT2D eigenvalue weighted by Gasteiger charge is -2.30. The quantitative estimate of drug-likeness (QED) is 0.649. The summed E-state index contributed by atoms with van der Waals surface area (Å²) in [5.41, 5.74) is 4.03. The van der Waals surface area contributed by atoms with Gasteiger partial charge in [-0.2, -0.15) is 0 Å². The first-order valence-corrected chi connectivity index (χ1v) is 6.49. The first-order chi connectivity index (χ1) is 8.31. The molecule has 0 aliphatic carbocycles. The van der Waals surface area contributed by atoms with Crippen LogP contribution in [0.25, 0.3) is 0 Å². The molecule has 0 bridgehead atoms. The summed E-state index contributed by atoms with van der Waals surface area (Å²) in [7, 11) is 0. The van der Waals surface area contributed by atoms with E-state index in [1.165, 1.54) is 5.56 Å². The minimum absolute atomic E-state index is 0.0147. The van der Waals surface area contributed by atoms with E-state index >= 15 is 0 Å². The molecule has 1 heterocycles. The zero-order valence-electron chi connectivity index (χ0n) is 9.56. The van der Waals surface area contributed by atoms with Crippen molar-refractivity contribution in [2.24, 2.45) is 5.84 Å². The molecule has 0 spiro atoms. The topological polar surface area (TPSA) is 56.5 Å². The van der Waals surface area contributed by atoms with Crippen LogP contribution in [0.1, 0.15) is 5.56 Å². The lowest BCUT2D eigenvalue weighted by molar-refractivity contribution is -0.101. The zero-order valence-corrected chi connectivity index (χ0v) is 11.2. The van der Waals surface area contributed by atoms with Gasteiger partial charge in [0.05, 0.1) is 32.0 Å². The number of halogens is 1. The number of ether oxygens (including phenoxy) is 2. The summed E-state index contributed by atoms with van der Waals surface area (Å²) in [6.45, 7) is 1.90. The summed E-state index contributed by atoms with van der Waals surface area (Å²) in [4.78, 5) is 0. The van der Waals surface area contributed by atoms with Crippen molar-refractivity contribution in [1.29, 1.82) is 0 Å². The monoisotopic (exact) mass is 300 g/mol. The van der Waals surface area contributed by atoms with Crippen molar-refractivity contribution in [2.45, 2.75) is 18.6 Å². The maximum Gasteiger partial charge on any atom is 0.0978 e. The molecule has 94 valence electrons. The largest absolute Gasteiger partial charge is 0.376 e. The zero-order chi connectivity index (χ0) is 12.1. The van der Waals surface area contributed by atoms with Crippen molar-refractivity contribution in [1.82, 2.24) is 5.43 Å². The van der Waals surface area contributed by atoms with Gasteiger partial charge in [0, 0.05) is 4.47 Å². The Labute approximate surface area is 110 Å². The fourth-order valence-corrected chi connectivity index (χ4v) is 2.38. The van der Waals surface area contributed by atoms with Gasteiger partial charge in [-0.15, -0.1) is 0 Å². The maximum absolute atomic E-state index is 5.66. The van der Waals surface area contributed by atoms with E-state index in [1.807, 2.05) is 18.2 Å². The van der Waals surface area contributed by atoms with Crippen molar-refractivity contribution in [3.8, 4) is 0 Å². The normalized spacial score (nSPS) is 22.4. The third-order valence-electron chi connectivity index (χ3n) is 2.90. The van der Waals surface area contributed by atoms with Crippen LogP contribution in [0.4, 0.5) is 0 Å². The standard InChI is InChI=1S/C12H17BrN2O2/c13-10-4-2-1-3-9(10)7-11(15-14)12-8-16-5-6-17-12/h1-4,11-12,15H,5-8,14H2. The summed E-state index contributed by atoms with van der Waals surface area (Å²) in [6.07, 6.45) is 0.826. The number of hydrogen-bond acceptors (Lipinski definition) is 4. The molecule has 2 rings (SSSR count). The summed E-state index contributed by atoms with van der Waals surface area (Å²) in [6, 6.07) is 8.19. The van der Waals surface area contributed by atoms with E-state index < -0.39 is 0 Å². The first-order valence-electron chi connectivity index (χ1n) is 5.70. The fraction of sp³-hybridized carbons (Fsp3) is 0.500. The van der Waals surface area contributed by atoms with Crippen LogP contribution < -0.4 is 11.3 Å². The first kappa shape index (κ1) is 13.0. The van der Waals surface area contributed by atoms with E-state index in [0.717, 1.165) is 10.9 Å². The van der Waals surface area contributed by atoms with Crippen LogP contribution in [-0.4, -0.2) is 32.0 Å². The van der Waals surface area contributed by atoms with Crippen molar-refractivity contribution in [3.63, 3.8) is 0 Å². The maximum atomic E-state index is 5.66. The summed E-state index contributed by atoms with van der Waals surface area (Å²) < 4.78 is 12.2. The van der Waals surface area contributed by atoms with Crippen molar-refractivity contribution in [3.05, 3.63) is 34.3 Å². The van der Waals surface area contributed by atoms with E-state index in [2.05, 4.69) is 27.4 Å². The van der Waals surface area contributed by atoms with E-state index in [-0.39, 0.29) is 12.1 Å². The van der Waals surface area contributed by atoms with Crippen LogP contribution in [0.5, 0.6) is 0 Å². The second-order valence-corrected chi connectivity index (χ2v) is 4.91. The molecule has 0 saturated carbocycles. The lowest BCUT2D eigenvalue weighted by Crippen LogP contribution is -2.50. The number of nitrogens with two attached hydrogens (primary N) is 1. The highest BCUT2D eigenvalue weighted by Gasteiger charge is 2.24. The summed E-state index contributed by atoms with van der Waals surface area (Å²) in [5, 5.41) is 0. The van der Waals surface area contributed by atoms with E-state index in [1.54, 1.807) is 0 Å². The Balaban J connectivity index is 2.01. The molecule has 4 nitrogen and oxygen atoms in total. The van der Waals surface area contributed by atoms with Crippen molar-refractivity contribution < 1.29 is 9.47 Å². The molecular formula is C12H17BrN2O2. The van der Waals surface area contributed by atoms with Gasteiger partial charge in [-0.25, -0.2) is 0 Å². The molecule has 2 unspecified atom stereocenters. The Kier molecular flexibility index (Phi) is 4.94. The number of benzene rings is 1. The number of rotatable bonds is 4. The summed E-state index contributed by atoms with van der Waals surface area (Å²) >= 11 is 3.54. The molecule has 2 atom stereocenters. The highest BCUT2D eigenvalue weighted by molar-refractivity contribution is 9.10. The average molecular weight is 301 g/mol. The fourth-order valence-electron chi connectivity index (χ4n) is 1.94. The second-order valence-electron chi connectivity index (χ2n) is 4.05. The smallest absolute Gasteiger partial charge is 0.0978 e. The van der Waals surface area contributed by atoms with Gasteiger partial charge in [-0.3, -0.25) is 11.3 Å². The molecule has 1 aromatic carbocycles. The van der Waals surface area contributed by atoms with Crippen LogP contribution in [0, 0.1) is 0 Å². The molecule has 1 aliphatic heterocycles. The molecule has 3 N–H and O–H groups in total. The molecule has 0 radical (unpaired) electrons. The van der Waals surface area contributed by atoms with Crippen LogP contribution in [0.3, 0.4) is 0 Å². The Morgan fingerprint density at radius 1 is 1.41 bits per heavy atom. The van der Waals surface area contributed by atoms with Crippen LogP contribution >= 0.6 is 15.9 Å². The molecule has 1 saturated heterocycles. The number of nitrogens with one attached hydrogen (secondary N) is 1. The predicted octanol–water partition coefficient (Wildman–Crippen LogP) is 1.24. The van der Waals surface area contributed by atoms with Gasteiger partial charge in [0.15, 0.2) is 0 Å². The molecule has 0 aromatic heterocycles. The van der Waals surface area contributed by atoms with Gasteiger partial charge in [0.1, 0.15) is 0 Å². The Morgan fingerprint density at radius 3 is 2.88 bits per heavy atom. The van der Waals surface area contributed by atoms with Crippen LogP contribution in [0.15, 0.2) is 28.7 Å². The van der Waals surface area contributed by atoms with Gasteiger partial charge in [0.2, 0.25) is 0 Å². The van der Waals surface area contributed by atoms with Crippen LogP contribution in [-0.2, 0) is 15.9 Å². The molecule has 1 fully saturated rings. The third-order valence-corrected chi connectivity index (χ3v) is 3.68. The lowest BCUT2D eigenvalue weighted by atomic mass is 10.0. The molecular weight excluding hydrogens is 284 g/mol. The number of hydrogen-bond donors (Lipinski definition) is 2. The average Bonchev–Trinajstić information content (AvgIpc) is 2.39. The second kappa shape index (κ2) is 6.47. The predicted molar refractivity (Wildman–Crippen MR) is 69.5 cm³/mol. The van der Waals surface area contributed by atoms with Gasteiger partial charge in [-0.05, 0) is 18.1 Å². The van der Waals surface area contributed by atoms with Crippen molar-refractivity contribution in [2.75, 3.05) is 19.8 Å². The van der Waals surface area contributed by atoms with Gasteiger partial charge < -0.3 is 9.47 Å². The SMILES string of the molecule is NNC(Cc1ccccc1Br)C1COCCO1. The van der Waals surface area contributed by atoms with Gasteiger partial charge in [-0.1, -0.05) is 34.1 Å². The Bertz CT molecular complexity index is 356. The highest BCUT2D eigenvalue weighted by atomic mass is 79.9. The van der Waals surface area contributed by atoms with Gasteiger partial charge >= 0.3 is 0 Å². The Morgan fingerprint density at radius 2 is 2.24 bits per heavy atom. The van der Waals surface area contributed by atoms with Crippen molar-refractivity contribution >= 4 is 15.9 Å². The molecule has 1 aliphatic rings. The molecule has 1 aromatic rings. The van der Waals surface area contributed by atoms with E-state index in [4.69, 9.17) is 15.3 Å². The minimum Gasteiger partial charge on any atom is -0.376 e. The highest BCUT2D eigenvalue weighted by Crippen LogP contribution is 2.19. The Hall–Kier alpha value is -0.460. The molecule has 5 heteroatoms. The minimum atomic E-state index is 0.0147. The third kappa shape index (κ3) is 3.50. The van der Waals surface area contributed by atoms with Gasteiger partial charge in [0.25, 0.3) is 0 Å². The van der Waals surface area contributed by atoms with E-state index in [9.17, 15) is 0 Å².